The van der Waals surface area contributed by atoms with Crippen LogP contribution in [0.25, 0.3) is 0 Å². The lowest BCUT2D eigenvalue weighted by Crippen LogP contribution is -2.39. The van der Waals surface area contributed by atoms with Crippen molar-refractivity contribution in [2.45, 2.75) is 12.5 Å². The minimum Gasteiger partial charge on any atom is -0.362 e. The van der Waals surface area contributed by atoms with E-state index in [1.807, 2.05) is 19.1 Å². The van der Waals surface area contributed by atoms with Crippen molar-refractivity contribution in [3.63, 3.8) is 0 Å². The number of nitrogens with one attached hydrogen (secondary N) is 1. The van der Waals surface area contributed by atoms with Crippen LogP contribution in [0, 0.1) is 0 Å². The van der Waals surface area contributed by atoms with Crippen LogP contribution in [-0.2, 0) is 0 Å². The highest BCUT2D eigenvalue weighted by atomic mass is 79.9. The zero-order valence-corrected chi connectivity index (χ0v) is 10.8. The third-order valence-corrected chi connectivity index (χ3v) is 3.59. The van der Waals surface area contributed by atoms with Crippen molar-refractivity contribution in [2.75, 3.05) is 17.1 Å². The zero-order chi connectivity index (χ0) is 10.6. The first kappa shape index (κ1) is 12.1. The zero-order valence-electron chi connectivity index (χ0n) is 7.73. The summed E-state index contributed by atoms with van der Waals surface area (Å²) in [7, 11) is 0. The molecule has 2 nitrogen and oxygen atoms in total. The van der Waals surface area contributed by atoms with Gasteiger partial charge in [-0.3, -0.25) is 0 Å². The van der Waals surface area contributed by atoms with Crippen LogP contribution in [-0.4, -0.2) is 22.3 Å². The second kappa shape index (κ2) is 5.19. The molecule has 0 aliphatic rings. The minimum atomic E-state index is -0.333. The number of rotatable bonds is 4. The molecule has 1 aromatic rings. The molecule has 0 radical (unpaired) electrons. The average molecular weight is 298 g/mol. The number of hydrogen-bond donors (Lipinski definition) is 1. The van der Waals surface area contributed by atoms with Crippen molar-refractivity contribution in [3.05, 3.63) is 22.8 Å². The van der Waals surface area contributed by atoms with Crippen LogP contribution in [0.3, 0.4) is 0 Å². The molecule has 0 atom stereocenters. The maximum absolute atomic E-state index is 5.82. The summed E-state index contributed by atoms with van der Waals surface area (Å²) in [6.45, 7) is 1.95. The fourth-order valence-electron chi connectivity index (χ4n) is 0.866. The molecule has 1 rings (SSSR count). The van der Waals surface area contributed by atoms with Gasteiger partial charge in [0.2, 0.25) is 0 Å². The van der Waals surface area contributed by atoms with Gasteiger partial charge in [-0.2, -0.15) is 0 Å². The average Bonchev–Trinajstić information content (AvgIpc) is 2.21. The Kier molecular flexibility index (Phi) is 4.48. The maximum Gasteiger partial charge on any atom is 0.140 e. The summed E-state index contributed by atoms with van der Waals surface area (Å²) in [5, 5.41) is 3.20. The van der Waals surface area contributed by atoms with E-state index in [0.717, 1.165) is 10.3 Å². The van der Waals surface area contributed by atoms with Crippen LogP contribution in [0.2, 0.25) is 0 Å². The van der Waals surface area contributed by atoms with Gasteiger partial charge in [0.15, 0.2) is 0 Å². The number of alkyl halides is 2. The van der Waals surface area contributed by atoms with Gasteiger partial charge in [-0.05, 0) is 35.0 Å². The molecule has 0 fully saturated rings. The van der Waals surface area contributed by atoms with Crippen molar-refractivity contribution < 1.29 is 0 Å². The van der Waals surface area contributed by atoms with E-state index in [9.17, 15) is 0 Å². The van der Waals surface area contributed by atoms with Crippen LogP contribution in [0.4, 0.5) is 5.82 Å². The minimum absolute atomic E-state index is 0.333. The lowest BCUT2D eigenvalue weighted by molar-refractivity contribution is 0.644. The van der Waals surface area contributed by atoms with Crippen molar-refractivity contribution in [2.24, 2.45) is 0 Å². The van der Waals surface area contributed by atoms with E-state index in [0.29, 0.717) is 11.8 Å². The highest BCUT2D eigenvalue weighted by Gasteiger charge is 2.22. The molecule has 0 aliphatic carbocycles. The topological polar surface area (TPSA) is 24.9 Å². The molecule has 0 spiro atoms. The number of halogens is 3. The highest BCUT2D eigenvalue weighted by Crippen LogP contribution is 2.23. The SMILES string of the molecule is CC(CCl)(CCl)Nc1ncccc1Br. The molecule has 0 unspecified atom stereocenters. The molecular formula is C9H11BrCl2N2. The molecule has 1 N–H and O–H groups in total. The Morgan fingerprint density at radius 2 is 2.14 bits per heavy atom. The summed E-state index contributed by atoms with van der Waals surface area (Å²) in [6.07, 6.45) is 1.72. The van der Waals surface area contributed by atoms with E-state index in [1.165, 1.54) is 0 Å². The number of pyridine rings is 1. The number of anilines is 1. The molecule has 0 amide bonds. The van der Waals surface area contributed by atoms with Gasteiger partial charge in [-0.15, -0.1) is 23.2 Å². The predicted molar refractivity (Wildman–Crippen MR) is 65.4 cm³/mol. The van der Waals surface area contributed by atoms with Gasteiger partial charge in [0, 0.05) is 18.0 Å². The Morgan fingerprint density at radius 3 is 2.64 bits per heavy atom. The van der Waals surface area contributed by atoms with E-state index in [4.69, 9.17) is 23.2 Å². The Balaban J connectivity index is 2.82. The fraction of sp³-hybridized carbons (Fsp3) is 0.444. The standard InChI is InChI=1S/C9H11BrCl2N2/c1-9(5-11,6-12)14-8-7(10)3-2-4-13-8/h2-4H,5-6H2,1H3,(H,13,14). The summed E-state index contributed by atoms with van der Waals surface area (Å²) in [4.78, 5) is 4.18. The smallest absolute Gasteiger partial charge is 0.140 e. The normalized spacial score (nSPS) is 11.4. The molecule has 5 heteroatoms. The summed E-state index contributed by atoms with van der Waals surface area (Å²) in [5.41, 5.74) is -0.333. The van der Waals surface area contributed by atoms with E-state index in [2.05, 4.69) is 26.2 Å². The van der Waals surface area contributed by atoms with Crippen molar-refractivity contribution in [1.29, 1.82) is 0 Å². The van der Waals surface area contributed by atoms with Gasteiger partial charge in [-0.25, -0.2) is 4.98 Å². The molecule has 0 bridgehead atoms. The van der Waals surface area contributed by atoms with Crippen molar-refractivity contribution in [3.8, 4) is 0 Å². The van der Waals surface area contributed by atoms with Gasteiger partial charge < -0.3 is 5.32 Å². The molecule has 1 heterocycles. The second-order valence-electron chi connectivity index (χ2n) is 3.29. The van der Waals surface area contributed by atoms with Crippen LogP contribution in [0.15, 0.2) is 22.8 Å². The first-order chi connectivity index (χ1) is 6.61. The summed E-state index contributed by atoms with van der Waals surface area (Å²) >= 11 is 15.0. The number of aromatic nitrogens is 1. The van der Waals surface area contributed by atoms with E-state index >= 15 is 0 Å². The van der Waals surface area contributed by atoms with E-state index in [1.54, 1.807) is 6.20 Å². The Labute approximate surface area is 102 Å². The summed E-state index contributed by atoms with van der Waals surface area (Å²) in [5.74, 6) is 1.62. The third-order valence-electron chi connectivity index (χ3n) is 1.77. The van der Waals surface area contributed by atoms with Gasteiger partial charge in [-0.1, -0.05) is 0 Å². The summed E-state index contributed by atoms with van der Waals surface area (Å²) < 4.78 is 0.904. The van der Waals surface area contributed by atoms with Gasteiger partial charge >= 0.3 is 0 Å². The monoisotopic (exact) mass is 296 g/mol. The van der Waals surface area contributed by atoms with Crippen LogP contribution in [0.1, 0.15) is 6.92 Å². The Morgan fingerprint density at radius 1 is 1.50 bits per heavy atom. The van der Waals surface area contributed by atoms with Crippen molar-refractivity contribution >= 4 is 44.9 Å². The molecule has 0 aromatic carbocycles. The predicted octanol–water partition coefficient (Wildman–Crippen LogP) is 3.49. The number of nitrogens with zero attached hydrogens (tertiary/aromatic N) is 1. The highest BCUT2D eigenvalue weighted by molar-refractivity contribution is 9.10. The number of hydrogen-bond acceptors (Lipinski definition) is 2. The van der Waals surface area contributed by atoms with E-state index in [-0.39, 0.29) is 5.54 Å². The quantitative estimate of drug-likeness (QED) is 0.861. The van der Waals surface area contributed by atoms with Crippen LogP contribution in [0.5, 0.6) is 0 Å². The Hall–Kier alpha value is 0.01000. The van der Waals surface area contributed by atoms with E-state index < -0.39 is 0 Å². The second-order valence-corrected chi connectivity index (χ2v) is 4.68. The molecular weight excluding hydrogens is 287 g/mol. The van der Waals surface area contributed by atoms with Gasteiger partial charge in [0.1, 0.15) is 5.82 Å². The first-order valence-corrected chi connectivity index (χ1v) is 5.98. The van der Waals surface area contributed by atoms with Crippen LogP contribution >= 0.6 is 39.1 Å². The molecule has 0 saturated carbocycles. The largest absolute Gasteiger partial charge is 0.362 e. The summed E-state index contributed by atoms with van der Waals surface area (Å²) in [6, 6.07) is 3.77. The van der Waals surface area contributed by atoms with Crippen LogP contribution < -0.4 is 5.32 Å². The maximum atomic E-state index is 5.82. The van der Waals surface area contributed by atoms with Crippen molar-refractivity contribution in [1.82, 2.24) is 4.98 Å². The molecule has 0 saturated heterocycles. The molecule has 14 heavy (non-hydrogen) atoms. The Bertz CT molecular complexity index is 303. The molecule has 78 valence electrons. The third kappa shape index (κ3) is 3.01. The lowest BCUT2D eigenvalue weighted by Gasteiger charge is -2.26. The molecule has 0 aliphatic heterocycles. The lowest BCUT2D eigenvalue weighted by atomic mass is 10.1. The van der Waals surface area contributed by atoms with Gasteiger partial charge in [0.25, 0.3) is 0 Å². The van der Waals surface area contributed by atoms with Gasteiger partial charge in [0.05, 0.1) is 10.0 Å². The fourth-order valence-corrected chi connectivity index (χ4v) is 1.64. The first-order valence-electron chi connectivity index (χ1n) is 4.12. The molecule has 1 aromatic heterocycles.